The van der Waals surface area contributed by atoms with E-state index in [-0.39, 0.29) is 23.8 Å². The first-order valence-corrected chi connectivity index (χ1v) is 8.40. The lowest BCUT2D eigenvalue weighted by atomic mass is 10.0. The predicted molar refractivity (Wildman–Crippen MR) is 99.2 cm³/mol. The van der Waals surface area contributed by atoms with Crippen molar-refractivity contribution in [2.75, 3.05) is 18.8 Å². The number of esters is 1. The number of carbonyl (C=O) groups is 2. The van der Waals surface area contributed by atoms with Crippen LogP contribution in [0.1, 0.15) is 12.5 Å². The Hall–Kier alpha value is -3.54. The highest BCUT2D eigenvalue weighted by Crippen LogP contribution is 2.37. The molecule has 0 bridgehead atoms. The Bertz CT molecular complexity index is 991. The number of allylic oxidation sites excluding steroid dienone is 1. The van der Waals surface area contributed by atoms with Crippen LogP contribution < -0.4 is 14.4 Å². The summed E-state index contributed by atoms with van der Waals surface area (Å²) in [6.07, 6.45) is 1.67. The number of ether oxygens (including phenoxy) is 3. The van der Waals surface area contributed by atoms with Gasteiger partial charge in [0.25, 0.3) is 5.91 Å². The van der Waals surface area contributed by atoms with E-state index in [9.17, 15) is 9.59 Å². The van der Waals surface area contributed by atoms with Gasteiger partial charge in [0.1, 0.15) is 0 Å². The van der Waals surface area contributed by atoms with Crippen LogP contribution in [0.4, 0.5) is 5.69 Å². The fraction of sp³-hybridized carbons (Fsp3) is 0.143. The standard InChI is InChI=1S/C21H17NO5/c1-13-19(21(24)25-2)16(20(23)22(13)15-6-4-3-5-7-15)10-14-8-9-17-18(11-14)27-12-26-17/h3-11H,12H2,1-2H3. The molecule has 0 fully saturated rings. The fourth-order valence-corrected chi connectivity index (χ4v) is 3.24. The predicted octanol–water partition coefficient (Wildman–Crippen LogP) is 3.29. The molecule has 0 N–H and O–H groups in total. The Kier molecular flexibility index (Phi) is 4.16. The summed E-state index contributed by atoms with van der Waals surface area (Å²) >= 11 is 0. The second-order valence-electron chi connectivity index (χ2n) is 6.10. The number of fused-ring (bicyclic) bond motifs is 1. The molecular weight excluding hydrogens is 346 g/mol. The molecule has 136 valence electrons. The van der Waals surface area contributed by atoms with E-state index in [0.29, 0.717) is 22.9 Å². The third-order valence-electron chi connectivity index (χ3n) is 4.51. The number of anilines is 1. The zero-order valence-corrected chi connectivity index (χ0v) is 14.9. The lowest BCUT2D eigenvalue weighted by molar-refractivity contribution is -0.136. The summed E-state index contributed by atoms with van der Waals surface area (Å²) < 4.78 is 15.6. The SMILES string of the molecule is COC(=O)C1=C(C)N(c2ccccc2)C(=O)C1=Cc1ccc2c(c1)OCO2. The van der Waals surface area contributed by atoms with Gasteiger partial charge in [0.15, 0.2) is 11.5 Å². The number of para-hydroxylation sites is 1. The molecule has 0 atom stereocenters. The van der Waals surface area contributed by atoms with Gasteiger partial charge in [-0.1, -0.05) is 24.3 Å². The zero-order valence-electron chi connectivity index (χ0n) is 14.9. The van der Waals surface area contributed by atoms with Crippen molar-refractivity contribution in [2.24, 2.45) is 0 Å². The molecule has 2 heterocycles. The molecule has 27 heavy (non-hydrogen) atoms. The van der Waals surface area contributed by atoms with Gasteiger partial charge < -0.3 is 14.2 Å². The maximum Gasteiger partial charge on any atom is 0.340 e. The molecule has 2 aliphatic rings. The maximum absolute atomic E-state index is 13.1. The van der Waals surface area contributed by atoms with E-state index in [1.807, 2.05) is 36.4 Å². The van der Waals surface area contributed by atoms with Crippen LogP contribution in [0.25, 0.3) is 6.08 Å². The van der Waals surface area contributed by atoms with Crippen LogP contribution in [0.15, 0.2) is 65.4 Å². The number of benzene rings is 2. The van der Waals surface area contributed by atoms with Crippen LogP contribution in [0.3, 0.4) is 0 Å². The van der Waals surface area contributed by atoms with Gasteiger partial charge in [-0.15, -0.1) is 0 Å². The summed E-state index contributed by atoms with van der Waals surface area (Å²) in [7, 11) is 1.30. The summed E-state index contributed by atoms with van der Waals surface area (Å²) in [6.45, 7) is 1.90. The van der Waals surface area contributed by atoms with Gasteiger partial charge in [-0.05, 0) is 42.8 Å². The normalized spacial score (nSPS) is 17.0. The Morgan fingerprint density at radius 3 is 2.59 bits per heavy atom. The second-order valence-corrected chi connectivity index (χ2v) is 6.10. The lowest BCUT2D eigenvalue weighted by Gasteiger charge is -2.17. The molecule has 2 aromatic carbocycles. The summed E-state index contributed by atoms with van der Waals surface area (Å²) in [4.78, 5) is 27.0. The van der Waals surface area contributed by atoms with Crippen LogP contribution in [-0.2, 0) is 14.3 Å². The van der Waals surface area contributed by atoms with E-state index in [0.717, 1.165) is 5.56 Å². The third-order valence-corrected chi connectivity index (χ3v) is 4.51. The topological polar surface area (TPSA) is 65.1 Å². The first-order valence-electron chi connectivity index (χ1n) is 8.40. The molecular formula is C21H17NO5. The number of amides is 1. The van der Waals surface area contributed by atoms with Crippen molar-refractivity contribution >= 4 is 23.6 Å². The van der Waals surface area contributed by atoms with Gasteiger partial charge in [-0.3, -0.25) is 9.69 Å². The minimum absolute atomic E-state index is 0.169. The molecule has 6 heteroatoms. The van der Waals surface area contributed by atoms with E-state index >= 15 is 0 Å². The average Bonchev–Trinajstić information content (AvgIpc) is 3.24. The summed E-state index contributed by atoms with van der Waals surface area (Å²) in [5.74, 6) is 0.429. The lowest BCUT2D eigenvalue weighted by Crippen LogP contribution is -2.24. The van der Waals surface area contributed by atoms with Crippen molar-refractivity contribution in [3.8, 4) is 11.5 Å². The summed E-state index contributed by atoms with van der Waals surface area (Å²) in [6, 6.07) is 14.5. The largest absolute Gasteiger partial charge is 0.465 e. The number of hydrogen-bond acceptors (Lipinski definition) is 5. The summed E-state index contributed by atoms with van der Waals surface area (Å²) in [5, 5.41) is 0. The second kappa shape index (κ2) is 6.64. The molecule has 0 spiro atoms. The monoisotopic (exact) mass is 363 g/mol. The number of methoxy groups -OCH3 is 1. The molecule has 6 nitrogen and oxygen atoms in total. The molecule has 2 aliphatic heterocycles. The number of nitrogens with zero attached hydrogens (tertiary/aromatic N) is 1. The van der Waals surface area contributed by atoms with E-state index < -0.39 is 5.97 Å². The molecule has 0 aromatic heterocycles. The number of hydrogen-bond donors (Lipinski definition) is 0. The van der Waals surface area contributed by atoms with Gasteiger partial charge in [-0.25, -0.2) is 4.79 Å². The Labute approximate surface area is 156 Å². The molecule has 0 aliphatic carbocycles. The molecule has 2 aromatic rings. The van der Waals surface area contributed by atoms with Crippen LogP contribution >= 0.6 is 0 Å². The van der Waals surface area contributed by atoms with Crippen molar-refractivity contribution in [3.63, 3.8) is 0 Å². The van der Waals surface area contributed by atoms with Crippen LogP contribution in [-0.4, -0.2) is 25.8 Å². The first-order chi connectivity index (χ1) is 13.1. The van der Waals surface area contributed by atoms with Gasteiger partial charge >= 0.3 is 5.97 Å². The minimum atomic E-state index is -0.550. The van der Waals surface area contributed by atoms with Crippen LogP contribution in [0, 0.1) is 0 Å². The van der Waals surface area contributed by atoms with Gasteiger partial charge in [0.2, 0.25) is 6.79 Å². The van der Waals surface area contributed by atoms with E-state index in [2.05, 4.69) is 0 Å². The highest BCUT2D eigenvalue weighted by Gasteiger charge is 2.37. The van der Waals surface area contributed by atoms with Crippen molar-refractivity contribution in [2.45, 2.75) is 6.92 Å². The number of carbonyl (C=O) groups excluding carboxylic acids is 2. The van der Waals surface area contributed by atoms with Gasteiger partial charge in [0, 0.05) is 11.4 Å². The highest BCUT2D eigenvalue weighted by molar-refractivity contribution is 6.23. The van der Waals surface area contributed by atoms with E-state index in [4.69, 9.17) is 14.2 Å². The van der Waals surface area contributed by atoms with Crippen molar-refractivity contribution < 1.29 is 23.8 Å². The first kappa shape index (κ1) is 16.9. The number of rotatable bonds is 3. The fourth-order valence-electron chi connectivity index (χ4n) is 3.24. The molecule has 4 rings (SSSR count). The molecule has 0 unspecified atom stereocenters. The highest BCUT2D eigenvalue weighted by atomic mass is 16.7. The molecule has 1 amide bonds. The van der Waals surface area contributed by atoms with Crippen LogP contribution in [0.2, 0.25) is 0 Å². The molecule has 0 radical (unpaired) electrons. The van der Waals surface area contributed by atoms with Gasteiger partial charge in [-0.2, -0.15) is 0 Å². The smallest absolute Gasteiger partial charge is 0.340 e. The Morgan fingerprint density at radius 2 is 1.85 bits per heavy atom. The Morgan fingerprint density at radius 1 is 1.11 bits per heavy atom. The quantitative estimate of drug-likeness (QED) is 0.618. The third kappa shape index (κ3) is 2.85. The van der Waals surface area contributed by atoms with Crippen LogP contribution in [0.5, 0.6) is 11.5 Å². The average molecular weight is 363 g/mol. The van der Waals surface area contributed by atoms with E-state index in [1.54, 1.807) is 25.1 Å². The van der Waals surface area contributed by atoms with Crippen molar-refractivity contribution in [1.82, 2.24) is 0 Å². The minimum Gasteiger partial charge on any atom is -0.465 e. The maximum atomic E-state index is 13.1. The zero-order chi connectivity index (χ0) is 19.0. The van der Waals surface area contributed by atoms with E-state index in [1.165, 1.54) is 12.0 Å². The molecule has 0 saturated carbocycles. The van der Waals surface area contributed by atoms with Crippen molar-refractivity contribution in [1.29, 1.82) is 0 Å². The molecule has 0 saturated heterocycles. The Balaban J connectivity index is 1.81. The van der Waals surface area contributed by atoms with Crippen molar-refractivity contribution in [3.05, 3.63) is 70.9 Å². The van der Waals surface area contributed by atoms with Gasteiger partial charge in [0.05, 0.1) is 18.3 Å². The summed E-state index contributed by atoms with van der Waals surface area (Å²) in [5.41, 5.74) is 2.48.